The smallest absolute Gasteiger partial charge is 0.321 e. The van der Waals surface area contributed by atoms with E-state index in [1.807, 2.05) is 31.2 Å². The number of ether oxygens (including phenoxy) is 1. The van der Waals surface area contributed by atoms with Crippen molar-refractivity contribution < 1.29 is 14.3 Å². The maximum Gasteiger partial charge on any atom is 0.321 e. The minimum atomic E-state index is -0.552. The molecule has 1 aromatic carbocycles. The van der Waals surface area contributed by atoms with Crippen LogP contribution < -0.4 is 20.7 Å². The molecule has 0 aliphatic heterocycles. The van der Waals surface area contributed by atoms with Crippen LogP contribution in [0.25, 0.3) is 0 Å². The normalized spacial score (nSPS) is 16.1. The van der Waals surface area contributed by atoms with Gasteiger partial charge in [0.05, 0.1) is 12.3 Å². The zero-order valence-electron chi connectivity index (χ0n) is 14.4. The molecule has 1 saturated carbocycles. The van der Waals surface area contributed by atoms with Gasteiger partial charge in [0.2, 0.25) is 5.91 Å². The van der Waals surface area contributed by atoms with Crippen molar-refractivity contribution in [3.05, 3.63) is 24.3 Å². The Morgan fingerprint density at radius 3 is 2.62 bits per heavy atom. The summed E-state index contributed by atoms with van der Waals surface area (Å²) in [7, 11) is 0. The summed E-state index contributed by atoms with van der Waals surface area (Å²) < 4.78 is 5.53. The topological polar surface area (TPSA) is 79.5 Å². The van der Waals surface area contributed by atoms with Crippen LogP contribution in [0.5, 0.6) is 5.75 Å². The Bertz CT molecular complexity index is 556. The molecule has 1 aliphatic rings. The number of carbonyl (C=O) groups excluding carboxylic acids is 2. The van der Waals surface area contributed by atoms with Crippen molar-refractivity contribution in [2.45, 2.75) is 58.0 Å². The molecule has 1 fully saturated rings. The first-order valence-corrected chi connectivity index (χ1v) is 8.70. The summed E-state index contributed by atoms with van der Waals surface area (Å²) in [6.45, 7) is 4.16. The zero-order chi connectivity index (χ0) is 17.4. The number of benzene rings is 1. The number of hydrogen-bond donors (Lipinski definition) is 3. The third kappa shape index (κ3) is 5.44. The van der Waals surface area contributed by atoms with E-state index in [9.17, 15) is 9.59 Å². The van der Waals surface area contributed by atoms with Crippen molar-refractivity contribution in [1.82, 2.24) is 10.6 Å². The number of imide groups is 1. The van der Waals surface area contributed by atoms with E-state index >= 15 is 0 Å². The number of urea groups is 1. The van der Waals surface area contributed by atoms with E-state index in [1.54, 1.807) is 6.92 Å². The molecule has 6 nitrogen and oxygen atoms in total. The van der Waals surface area contributed by atoms with Gasteiger partial charge in [-0.2, -0.15) is 0 Å². The third-order valence-corrected chi connectivity index (χ3v) is 4.13. The lowest BCUT2D eigenvalue weighted by Gasteiger charge is -2.23. The Kier molecular flexibility index (Phi) is 6.90. The predicted octanol–water partition coefficient (Wildman–Crippen LogP) is 3.04. The molecule has 24 heavy (non-hydrogen) atoms. The predicted molar refractivity (Wildman–Crippen MR) is 94.2 cm³/mol. The lowest BCUT2D eigenvalue weighted by atomic mass is 9.96. The van der Waals surface area contributed by atoms with Crippen LogP contribution in [0.2, 0.25) is 0 Å². The summed E-state index contributed by atoms with van der Waals surface area (Å²) in [6.07, 6.45) is 5.45. The van der Waals surface area contributed by atoms with Crippen molar-refractivity contribution in [2.24, 2.45) is 0 Å². The molecular weight excluding hydrogens is 306 g/mol. The Morgan fingerprint density at radius 1 is 1.21 bits per heavy atom. The maximum absolute atomic E-state index is 12.2. The Morgan fingerprint density at radius 2 is 1.92 bits per heavy atom. The molecule has 1 atom stereocenters. The summed E-state index contributed by atoms with van der Waals surface area (Å²) in [5.74, 6) is 0.320. The van der Waals surface area contributed by atoms with Crippen LogP contribution in [0.1, 0.15) is 46.0 Å². The Balaban J connectivity index is 1.84. The number of nitrogens with one attached hydrogen (secondary N) is 3. The van der Waals surface area contributed by atoms with Gasteiger partial charge in [-0.25, -0.2) is 4.79 Å². The molecule has 6 heteroatoms. The molecule has 0 spiro atoms. The number of para-hydroxylation sites is 2. The minimum absolute atomic E-state index is 0.175. The van der Waals surface area contributed by atoms with Gasteiger partial charge in [-0.3, -0.25) is 10.1 Å². The molecule has 0 bridgehead atoms. The summed E-state index contributed by atoms with van der Waals surface area (Å²) in [4.78, 5) is 24.1. The molecule has 132 valence electrons. The molecular formula is C18H27N3O3. The van der Waals surface area contributed by atoms with E-state index in [0.717, 1.165) is 31.4 Å². The largest absolute Gasteiger partial charge is 0.492 e. The Labute approximate surface area is 143 Å². The molecule has 3 amide bonds. The van der Waals surface area contributed by atoms with Crippen LogP contribution in [-0.2, 0) is 4.79 Å². The molecule has 1 aliphatic carbocycles. The van der Waals surface area contributed by atoms with Crippen molar-refractivity contribution in [3.8, 4) is 5.75 Å². The second-order valence-corrected chi connectivity index (χ2v) is 6.09. The fourth-order valence-corrected chi connectivity index (χ4v) is 2.85. The highest BCUT2D eigenvalue weighted by Crippen LogP contribution is 2.24. The van der Waals surface area contributed by atoms with Crippen molar-refractivity contribution in [1.29, 1.82) is 0 Å². The molecule has 3 N–H and O–H groups in total. The number of hydrogen-bond acceptors (Lipinski definition) is 4. The molecule has 0 saturated heterocycles. The van der Waals surface area contributed by atoms with Crippen LogP contribution in [-0.4, -0.2) is 30.6 Å². The van der Waals surface area contributed by atoms with Gasteiger partial charge >= 0.3 is 6.03 Å². The van der Waals surface area contributed by atoms with Crippen molar-refractivity contribution >= 4 is 17.6 Å². The standard InChI is InChI=1S/C18H27N3O3/c1-3-24-16-12-8-7-11-15(16)19-13(2)17(22)21-18(23)20-14-9-5-4-6-10-14/h7-8,11-14,19H,3-6,9-10H2,1-2H3,(H2,20,21,22,23). The van der Waals surface area contributed by atoms with E-state index in [-0.39, 0.29) is 11.9 Å². The highest BCUT2D eigenvalue weighted by Gasteiger charge is 2.20. The first kappa shape index (κ1) is 18.1. The van der Waals surface area contributed by atoms with E-state index in [2.05, 4.69) is 16.0 Å². The highest BCUT2D eigenvalue weighted by molar-refractivity contribution is 5.98. The summed E-state index contributed by atoms with van der Waals surface area (Å²) in [6, 6.07) is 6.63. The van der Waals surface area contributed by atoms with Gasteiger partial charge in [-0.05, 0) is 38.8 Å². The van der Waals surface area contributed by atoms with Gasteiger partial charge in [0, 0.05) is 6.04 Å². The summed E-state index contributed by atoms with van der Waals surface area (Å²) >= 11 is 0. The molecule has 2 rings (SSSR count). The van der Waals surface area contributed by atoms with E-state index in [0.29, 0.717) is 12.4 Å². The first-order valence-electron chi connectivity index (χ1n) is 8.70. The zero-order valence-corrected chi connectivity index (χ0v) is 14.4. The number of amides is 3. The van der Waals surface area contributed by atoms with E-state index in [1.165, 1.54) is 6.42 Å². The van der Waals surface area contributed by atoms with Gasteiger partial charge in [-0.1, -0.05) is 31.4 Å². The fraction of sp³-hybridized carbons (Fsp3) is 0.556. The van der Waals surface area contributed by atoms with Gasteiger partial charge in [-0.15, -0.1) is 0 Å². The first-order chi connectivity index (χ1) is 11.6. The average Bonchev–Trinajstić information content (AvgIpc) is 2.57. The van der Waals surface area contributed by atoms with Crippen LogP contribution in [0.3, 0.4) is 0 Å². The second kappa shape index (κ2) is 9.15. The fourth-order valence-electron chi connectivity index (χ4n) is 2.85. The van der Waals surface area contributed by atoms with E-state index < -0.39 is 12.1 Å². The summed E-state index contributed by atoms with van der Waals surface area (Å²) in [5.41, 5.74) is 0.731. The number of anilines is 1. The van der Waals surface area contributed by atoms with Crippen molar-refractivity contribution in [3.63, 3.8) is 0 Å². The van der Waals surface area contributed by atoms with Gasteiger partial charge in [0.15, 0.2) is 0 Å². The van der Waals surface area contributed by atoms with Crippen molar-refractivity contribution in [2.75, 3.05) is 11.9 Å². The van der Waals surface area contributed by atoms with Crippen LogP contribution in [0.15, 0.2) is 24.3 Å². The van der Waals surface area contributed by atoms with Crippen LogP contribution >= 0.6 is 0 Å². The van der Waals surface area contributed by atoms with Crippen LogP contribution in [0.4, 0.5) is 10.5 Å². The van der Waals surface area contributed by atoms with Gasteiger partial charge < -0.3 is 15.4 Å². The average molecular weight is 333 g/mol. The lowest BCUT2D eigenvalue weighted by molar-refractivity contribution is -0.120. The Hall–Kier alpha value is -2.24. The number of rotatable bonds is 6. The highest BCUT2D eigenvalue weighted by atomic mass is 16.5. The summed E-state index contributed by atoms with van der Waals surface area (Å²) in [5, 5.41) is 8.37. The molecule has 1 unspecified atom stereocenters. The monoisotopic (exact) mass is 333 g/mol. The molecule has 0 heterocycles. The van der Waals surface area contributed by atoms with E-state index in [4.69, 9.17) is 4.74 Å². The van der Waals surface area contributed by atoms with Gasteiger partial charge in [0.1, 0.15) is 11.8 Å². The molecule has 1 aromatic rings. The van der Waals surface area contributed by atoms with Crippen LogP contribution in [0, 0.1) is 0 Å². The number of carbonyl (C=O) groups is 2. The molecule has 0 aromatic heterocycles. The third-order valence-electron chi connectivity index (χ3n) is 4.13. The minimum Gasteiger partial charge on any atom is -0.492 e. The quantitative estimate of drug-likeness (QED) is 0.747. The molecule has 0 radical (unpaired) electrons. The maximum atomic E-state index is 12.2. The SMILES string of the molecule is CCOc1ccccc1NC(C)C(=O)NC(=O)NC1CCCCC1. The second-order valence-electron chi connectivity index (χ2n) is 6.09. The van der Waals surface area contributed by atoms with Gasteiger partial charge in [0.25, 0.3) is 0 Å². The lowest BCUT2D eigenvalue weighted by Crippen LogP contribution is -2.49.